The van der Waals surface area contributed by atoms with E-state index in [1.165, 1.54) is 44.9 Å². The zero-order chi connectivity index (χ0) is 21.2. The number of nitrogens with zero attached hydrogens (tertiary/aromatic N) is 1. The summed E-state index contributed by atoms with van der Waals surface area (Å²) >= 11 is 1.64. The molecule has 3 fully saturated rings. The fourth-order valence-corrected chi connectivity index (χ4v) is 5.95. The summed E-state index contributed by atoms with van der Waals surface area (Å²) in [7, 11) is 0. The van der Waals surface area contributed by atoms with Crippen LogP contribution in [0.3, 0.4) is 0 Å². The number of aromatic nitrogens is 1. The number of aliphatic hydroxyl groups is 1. The van der Waals surface area contributed by atoms with Crippen LogP contribution < -0.4 is 10.5 Å². The molecule has 0 saturated heterocycles. The average Bonchev–Trinajstić information content (AvgIpc) is 3.45. The lowest BCUT2D eigenvalue weighted by Crippen LogP contribution is -2.57. The van der Waals surface area contributed by atoms with Crippen LogP contribution in [0, 0.1) is 11.3 Å². The Bertz CT molecular complexity index is 742. The summed E-state index contributed by atoms with van der Waals surface area (Å²) in [5, 5.41) is 20.6. The van der Waals surface area contributed by atoms with E-state index in [1.54, 1.807) is 30.1 Å². The Kier molecular flexibility index (Phi) is 6.61. The third kappa shape index (κ3) is 5.11. The number of ether oxygens (including phenoxy) is 1. The van der Waals surface area contributed by atoms with E-state index in [2.05, 4.69) is 4.98 Å². The van der Waals surface area contributed by atoms with Gasteiger partial charge < -0.3 is 20.7 Å². The first-order valence-electron chi connectivity index (χ1n) is 11.3. The minimum Gasteiger partial charge on any atom is -0.490 e. The van der Waals surface area contributed by atoms with Gasteiger partial charge in [0.2, 0.25) is 0 Å². The van der Waals surface area contributed by atoms with Crippen molar-refractivity contribution < 1.29 is 19.7 Å². The molecular formula is C23H34N2O4S. The van der Waals surface area contributed by atoms with Gasteiger partial charge in [0.1, 0.15) is 5.75 Å². The van der Waals surface area contributed by atoms with Crippen molar-refractivity contribution in [2.24, 2.45) is 17.1 Å². The van der Waals surface area contributed by atoms with Crippen molar-refractivity contribution in [3.63, 3.8) is 0 Å². The van der Waals surface area contributed by atoms with E-state index in [0.29, 0.717) is 28.5 Å². The summed E-state index contributed by atoms with van der Waals surface area (Å²) in [6.45, 7) is 0. The number of hydrogen-bond donors (Lipinski definition) is 3. The van der Waals surface area contributed by atoms with Crippen molar-refractivity contribution in [3.8, 4) is 5.75 Å². The largest absolute Gasteiger partial charge is 0.490 e. The molecule has 0 aromatic carbocycles. The van der Waals surface area contributed by atoms with E-state index in [-0.39, 0.29) is 12.5 Å². The van der Waals surface area contributed by atoms with Gasteiger partial charge in [-0.05, 0) is 74.5 Å². The molecular weight excluding hydrogens is 400 g/mol. The molecule has 2 atom stereocenters. The van der Waals surface area contributed by atoms with Crippen molar-refractivity contribution >= 4 is 17.7 Å². The molecule has 0 bridgehead atoms. The lowest BCUT2D eigenvalue weighted by atomic mass is 9.85. The predicted octanol–water partition coefficient (Wildman–Crippen LogP) is 3.40. The van der Waals surface area contributed by atoms with Crippen molar-refractivity contribution in [1.29, 1.82) is 0 Å². The predicted molar refractivity (Wildman–Crippen MR) is 118 cm³/mol. The molecule has 0 radical (unpaired) electrons. The van der Waals surface area contributed by atoms with E-state index in [0.717, 1.165) is 18.6 Å². The minimum absolute atomic E-state index is 0.127. The Morgan fingerprint density at radius 1 is 1.30 bits per heavy atom. The van der Waals surface area contributed by atoms with Crippen LogP contribution in [0.5, 0.6) is 5.75 Å². The standard InChI is InChI=1S/C23H34N2O4S/c24-20(15-30-14-16-2-1-3-16)23(28,21(26)27)13-17-12-19(6-11-25-17)29-18-4-7-22(8-5-18)9-10-22/h6,11-12,16,18,20,28H,1-5,7-10,13-15,24H2,(H,26,27)/t20?,23-/m1/s1. The number of nitrogens with two attached hydrogens (primary N) is 1. The second-order valence-electron chi connectivity index (χ2n) is 9.65. The van der Waals surface area contributed by atoms with E-state index >= 15 is 0 Å². The summed E-state index contributed by atoms with van der Waals surface area (Å²) < 4.78 is 6.16. The first-order chi connectivity index (χ1) is 14.4. The molecule has 1 aromatic rings. The molecule has 3 aliphatic carbocycles. The molecule has 30 heavy (non-hydrogen) atoms. The highest BCUT2D eigenvalue weighted by Crippen LogP contribution is 2.56. The molecule has 1 heterocycles. The van der Waals surface area contributed by atoms with Gasteiger partial charge in [-0.25, -0.2) is 4.79 Å². The number of carboxylic acid groups (broad SMARTS) is 1. The SMILES string of the molecule is NC(CSCC1CCC1)[C@](O)(Cc1cc(OC2CCC3(CC2)CC3)ccn1)C(=O)O. The minimum atomic E-state index is -2.04. The monoisotopic (exact) mass is 434 g/mol. The summed E-state index contributed by atoms with van der Waals surface area (Å²) in [5.41, 5.74) is 5.23. The van der Waals surface area contributed by atoms with Gasteiger partial charge in [-0.3, -0.25) is 4.98 Å². The topological polar surface area (TPSA) is 106 Å². The van der Waals surface area contributed by atoms with Crippen LogP contribution in [-0.2, 0) is 11.2 Å². The molecule has 7 heteroatoms. The van der Waals surface area contributed by atoms with E-state index in [4.69, 9.17) is 10.5 Å². The van der Waals surface area contributed by atoms with Gasteiger partial charge in [-0.15, -0.1) is 0 Å². The average molecular weight is 435 g/mol. The van der Waals surface area contributed by atoms with Crippen molar-refractivity contribution in [1.82, 2.24) is 4.98 Å². The highest BCUT2D eigenvalue weighted by atomic mass is 32.2. The van der Waals surface area contributed by atoms with Gasteiger partial charge in [0, 0.05) is 30.1 Å². The van der Waals surface area contributed by atoms with Gasteiger partial charge in [-0.2, -0.15) is 11.8 Å². The quantitative estimate of drug-likeness (QED) is 0.518. The van der Waals surface area contributed by atoms with Crippen molar-refractivity contribution in [3.05, 3.63) is 24.0 Å². The smallest absolute Gasteiger partial charge is 0.337 e. The first kappa shape index (κ1) is 21.9. The van der Waals surface area contributed by atoms with Crippen LogP contribution in [0.1, 0.15) is 63.5 Å². The highest BCUT2D eigenvalue weighted by Gasteiger charge is 2.45. The number of carbonyl (C=O) groups is 1. The fourth-order valence-electron chi connectivity index (χ4n) is 4.62. The third-order valence-electron chi connectivity index (χ3n) is 7.35. The molecule has 1 unspecified atom stereocenters. The second kappa shape index (κ2) is 9.05. The number of carboxylic acids is 1. The van der Waals surface area contributed by atoms with E-state index in [1.807, 2.05) is 0 Å². The summed E-state index contributed by atoms with van der Waals surface area (Å²) in [4.78, 5) is 16.2. The molecule has 0 aliphatic heterocycles. The maximum Gasteiger partial charge on any atom is 0.337 e. The fraction of sp³-hybridized carbons (Fsp3) is 0.739. The Hall–Kier alpha value is -1.31. The third-order valence-corrected chi connectivity index (χ3v) is 8.65. The molecule has 3 aliphatic rings. The Labute approximate surface area is 183 Å². The Balaban J connectivity index is 1.34. The summed E-state index contributed by atoms with van der Waals surface area (Å²) in [5.74, 6) is 1.50. The molecule has 1 spiro atoms. The number of thioether (sulfide) groups is 1. The van der Waals surface area contributed by atoms with Crippen LogP contribution in [0.15, 0.2) is 18.3 Å². The van der Waals surface area contributed by atoms with Gasteiger partial charge in [-0.1, -0.05) is 6.42 Å². The van der Waals surface area contributed by atoms with Crippen LogP contribution >= 0.6 is 11.8 Å². The normalized spacial score (nSPS) is 24.1. The van der Waals surface area contributed by atoms with Crippen LogP contribution in [0.2, 0.25) is 0 Å². The molecule has 4 rings (SSSR count). The van der Waals surface area contributed by atoms with Crippen molar-refractivity contribution in [2.75, 3.05) is 11.5 Å². The van der Waals surface area contributed by atoms with Gasteiger partial charge in [0.15, 0.2) is 5.60 Å². The molecule has 0 amide bonds. The van der Waals surface area contributed by atoms with Crippen molar-refractivity contribution in [2.45, 2.75) is 82.0 Å². The molecule has 1 aromatic heterocycles. The highest BCUT2D eigenvalue weighted by molar-refractivity contribution is 7.99. The van der Waals surface area contributed by atoms with Crippen LogP contribution in [0.25, 0.3) is 0 Å². The number of rotatable bonds is 10. The number of pyridine rings is 1. The number of hydrogen-bond acceptors (Lipinski definition) is 6. The Morgan fingerprint density at radius 3 is 2.63 bits per heavy atom. The Morgan fingerprint density at radius 2 is 2.03 bits per heavy atom. The molecule has 6 nitrogen and oxygen atoms in total. The van der Waals surface area contributed by atoms with Gasteiger partial charge in [0.25, 0.3) is 0 Å². The zero-order valence-corrected chi connectivity index (χ0v) is 18.4. The number of aliphatic carboxylic acids is 1. The van der Waals surface area contributed by atoms with Crippen LogP contribution in [-0.4, -0.2) is 50.4 Å². The van der Waals surface area contributed by atoms with E-state index in [9.17, 15) is 15.0 Å². The summed E-state index contributed by atoms with van der Waals surface area (Å²) in [6.07, 6.45) is 12.8. The zero-order valence-electron chi connectivity index (χ0n) is 17.6. The maximum absolute atomic E-state index is 11.9. The molecule has 4 N–H and O–H groups in total. The van der Waals surface area contributed by atoms with E-state index < -0.39 is 17.6 Å². The van der Waals surface area contributed by atoms with Crippen LogP contribution in [0.4, 0.5) is 0 Å². The maximum atomic E-state index is 11.9. The van der Waals surface area contributed by atoms with Gasteiger partial charge in [0.05, 0.1) is 12.1 Å². The molecule has 3 saturated carbocycles. The lowest BCUT2D eigenvalue weighted by molar-refractivity contribution is -0.160. The first-order valence-corrected chi connectivity index (χ1v) is 12.4. The van der Waals surface area contributed by atoms with Gasteiger partial charge >= 0.3 is 5.97 Å². The molecule has 166 valence electrons. The lowest BCUT2D eigenvalue weighted by Gasteiger charge is -2.31. The second-order valence-corrected chi connectivity index (χ2v) is 10.7. The summed E-state index contributed by atoms with van der Waals surface area (Å²) in [6, 6.07) is 2.70.